The van der Waals surface area contributed by atoms with Crippen LogP contribution in [0.5, 0.6) is 5.75 Å². The summed E-state index contributed by atoms with van der Waals surface area (Å²) < 4.78 is 10.6. The second-order valence-electron chi connectivity index (χ2n) is 5.84. The van der Waals surface area contributed by atoms with Crippen molar-refractivity contribution in [2.24, 2.45) is 0 Å². The van der Waals surface area contributed by atoms with E-state index < -0.39 is 11.7 Å². The number of ether oxygens (including phenoxy) is 2. The van der Waals surface area contributed by atoms with Crippen molar-refractivity contribution in [1.82, 2.24) is 0 Å². The molecule has 0 fully saturated rings. The molecule has 0 aliphatic carbocycles. The lowest BCUT2D eigenvalue weighted by Gasteiger charge is -2.21. The van der Waals surface area contributed by atoms with E-state index in [1.54, 1.807) is 26.8 Å². The molecule has 0 spiro atoms. The molecule has 0 aliphatic rings. The Morgan fingerprint density at radius 1 is 1.23 bits per heavy atom. The molecule has 0 unspecified atom stereocenters. The van der Waals surface area contributed by atoms with E-state index in [1.807, 2.05) is 24.3 Å². The van der Waals surface area contributed by atoms with Crippen LogP contribution in [0.15, 0.2) is 30.3 Å². The number of rotatable bonds is 3. The van der Waals surface area contributed by atoms with Gasteiger partial charge in [0.15, 0.2) is 12.0 Å². The van der Waals surface area contributed by atoms with Gasteiger partial charge in [0.2, 0.25) is 0 Å². The third-order valence-electron chi connectivity index (χ3n) is 2.99. The Labute approximate surface area is 129 Å². The van der Waals surface area contributed by atoms with Crippen molar-refractivity contribution in [2.45, 2.75) is 26.4 Å². The molecular weight excluding hydrogens is 282 g/mol. The van der Waals surface area contributed by atoms with Gasteiger partial charge in [0.1, 0.15) is 5.60 Å². The molecule has 0 saturated carbocycles. The number of amides is 1. The minimum absolute atomic E-state index is 0.311. The summed E-state index contributed by atoms with van der Waals surface area (Å²) in [5, 5.41) is 4.28. The summed E-state index contributed by atoms with van der Waals surface area (Å²) in [4.78, 5) is 23.4. The van der Waals surface area contributed by atoms with Crippen molar-refractivity contribution < 1.29 is 19.1 Å². The summed E-state index contributed by atoms with van der Waals surface area (Å²) in [5.74, 6) is 0.436. The SMILES string of the molecule is COc1c(NC(=O)OC(C)(C)C)c(C=O)cc2ccccc12. The zero-order chi connectivity index (χ0) is 16.3. The first-order chi connectivity index (χ1) is 10.4. The molecule has 22 heavy (non-hydrogen) atoms. The first-order valence-electron chi connectivity index (χ1n) is 6.90. The smallest absolute Gasteiger partial charge is 0.412 e. The quantitative estimate of drug-likeness (QED) is 0.870. The fourth-order valence-corrected chi connectivity index (χ4v) is 2.17. The zero-order valence-electron chi connectivity index (χ0n) is 13.1. The van der Waals surface area contributed by atoms with Crippen LogP contribution >= 0.6 is 0 Å². The minimum Gasteiger partial charge on any atom is -0.494 e. The zero-order valence-corrected chi connectivity index (χ0v) is 13.1. The van der Waals surface area contributed by atoms with Crippen LogP contribution < -0.4 is 10.1 Å². The van der Waals surface area contributed by atoms with E-state index in [0.717, 1.165) is 10.8 Å². The lowest BCUT2D eigenvalue weighted by Crippen LogP contribution is -2.27. The molecule has 1 N–H and O–H groups in total. The topological polar surface area (TPSA) is 64.6 Å². The molecule has 0 saturated heterocycles. The van der Waals surface area contributed by atoms with Crippen molar-refractivity contribution in [3.05, 3.63) is 35.9 Å². The number of fused-ring (bicyclic) bond motifs is 1. The lowest BCUT2D eigenvalue weighted by molar-refractivity contribution is 0.0635. The fraction of sp³-hybridized carbons (Fsp3) is 0.294. The average Bonchev–Trinajstić information content (AvgIpc) is 2.44. The van der Waals surface area contributed by atoms with Crippen molar-refractivity contribution in [3.8, 4) is 5.75 Å². The van der Waals surface area contributed by atoms with E-state index in [-0.39, 0.29) is 0 Å². The molecule has 0 radical (unpaired) electrons. The summed E-state index contributed by atoms with van der Waals surface area (Å²) in [7, 11) is 1.50. The van der Waals surface area contributed by atoms with Crippen molar-refractivity contribution >= 4 is 28.8 Å². The van der Waals surface area contributed by atoms with E-state index in [9.17, 15) is 9.59 Å². The van der Waals surface area contributed by atoms with Crippen molar-refractivity contribution in [2.75, 3.05) is 12.4 Å². The van der Waals surface area contributed by atoms with Gasteiger partial charge in [-0.05, 0) is 32.2 Å². The Bertz CT molecular complexity index is 716. The normalized spacial score (nSPS) is 11.1. The molecule has 2 rings (SSSR count). The number of hydrogen-bond donors (Lipinski definition) is 1. The number of aldehydes is 1. The molecule has 0 bridgehead atoms. The molecule has 0 heterocycles. The van der Waals surface area contributed by atoms with E-state index in [2.05, 4.69) is 5.32 Å². The van der Waals surface area contributed by atoms with Gasteiger partial charge in [0, 0.05) is 10.9 Å². The lowest BCUT2D eigenvalue weighted by atomic mass is 10.0. The van der Waals surface area contributed by atoms with Crippen LogP contribution in [0.1, 0.15) is 31.1 Å². The Kier molecular flexibility index (Phi) is 4.35. The molecule has 0 aliphatic heterocycles. The van der Waals surface area contributed by atoms with Gasteiger partial charge in [-0.25, -0.2) is 4.79 Å². The first-order valence-corrected chi connectivity index (χ1v) is 6.90. The van der Waals surface area contributed by atoms with Gasteiger partial charge in [-0.3, -0.25) is 10.1 Å². The number of carbonyl (C=O) groups is 2. The Balaban J connectivity index is 2.51. The Morgan fingerprint density at radius 3 is 2.50 bits per heavy atom. The number of nitrogens with one attached hydrogen (secondary N) is 1. The number of methoxy groups -OCH3 is 1. The minimum atomic E-state index is -0.635. The maximum atomic E-state index is 12.0. The fourth-order valence-electron chi connectivity index (χ4n) is 2.17. The van der Waals surface area contributed by atoms with Gasteiger partial charge in [-0.2, -0.15) is 0 Å². The van der Waals surface area contributed by atoms with Crippen LogP contribution in [0, 0.1) is 0 Å². The summed E-state index contributed by atoms with van der Waals surface area (Å²) in [5.41, 5.74) is 0.0158. The summed E-state index contributed by atoms with van der Waals surface area (Å²) in [6, 6.07) is 9.18. The third kappa shape index (κ3) is 3.36. The van der Waals surface area contributed by atoms with Gasteiger partial charge in [0.05, 0.1) is 12.8 Å². The van der Waals surface area contributed by atoms with E-state index in [1.165, 1.54) is 7.11 Å². The highest BCUT2D eigenvalue weighted by molar-refractivity contribution is 6.05. The third-order valence-corrected chi connectivity index (χ3v) is 2.99. The van der Waals surface area contributed by atoms with Gasteiger partial charge in [0.25, 0.3) is 0 Å². The summed E-state index contributed by atoms with van der Waals surface area (Å²) >= 11 is 0. The molecule has 116 valence electrons. The number of carbonyl (C=O) groups excluding carboxylic acids is 2. The Morgan fingerprint density at radius 2 is 1.91 bits per heavy atom. The van der Waals surface area contributed by atoms with Gasteiger partial charge in [-0.15, -0.1) is 0 Å². The van der Waals surface area contributed by atoms with Crippen LogP contribution in [0.3, 0.4) is 0 Å². The van der Waals surface area contributed by atoms with Crippen LogP contribution in [0.2, 0.25) is 0 Å². The average molecular weight is 301 g/mol. The number of benzene rings is 2. The van der Waals surface area contributed by atoms with Crippen LogP contribution in [0.25, 0.3) is 10.8 Å². The van der Waals surface area contributed by atoms with Gasteiger partial charge < -0.3 is 9.47 Å². The second kappa shape index (κ2) is 6.05. The molecule has 0 atom stereocenters. The van der Waals surface area contributed by atoms with E-state index >= 15 is 0 Å². The standard InChI is InChI=1S/C17H19NO4/c1-17(2,3)22-16(20)18-14-12(10-19)9-11-7-5-6-8-13(11)15(14)21-4/h5-10H,1-4H3,(H,18,20). The van der Waals surface area contributed by atoms with Crippen LogP contribution in [0.4, 0.5) is 10.5 Å². The monoisotopic (exact) mass is 301 g/mol. The molecule has 2 aromatic carbocycles. The Hall–Kier alpha value is -2.56. The molecule has 2 aromatic rings. The predicted molar refractivity (Wildman–Crippen MR) is 85.7 cm³/mol. The van der Waals surface area contributed by atoms with Crippen LogP contribution in [-0.4, -0.2) is 25.1 Å². The largest absolute Gasteiger partial charge is 0.494 e. The molecule has 5 heteroatoms. The molecule has 1 amide bonds. The second-order valence-corrected chi connectivity index (χ2v) is 5.84. The highest BCUT2D eigenvalue weighted by atomic mass is 16.6. The molecule has 0 aromatic heterocycles. The van der Waals surface area contributed by atoms with Crippen LogP contribution in [-0.2, 0) is 4.74 Å². The number of anilines is 1. The maximum absolute atomic E-state index is 12.0. The van der Waals surface area contributed by atoms with Crippen molar-refractivity contribution in [1.29, 1.82) is 0 Å². The first kappa shape index (κ1) is 15.8. The summed E-state index contributed by atoms with van der Waals surface area (Å²) in [6.07, 6.45) is 0.0472. The molecular formula is C17H19NO4. The number of hydrogen-bond acceptors (Lipinski definition) is 4. The summed E-state index contributed by atoms with van der Waals surface area (Å²) in [6.45, 7) is 5.31. The highest BCUT2D eigenvalue weighted by Gasteiger charge is 2.20. The van der Waals surface area contributed by atoms with Gasteiger partial charge in [-0.1, -0.05) is 24.3 Å². The van der Waals surface area contributed by atoms with Crippen molar-refractivity contribution in [3.63, 3.8) is 0 Å². The highest BCUT2D eigenvalue weighted by Crippen LogP contribution is 2.36. The predicted octanol–water partition coefficient (Wildman–Crippen LogP) is 4.01. The molecule has 5 nitrogen and oxygen atoms in total. The van der Waals surface area contributed by atoms with E-state index in [0.29, 0.717) is 23.3 Å². The maximum Gasteiger partial charge on any atom is 0.412 e. The van der Waals surface area contributed by atoms with E-state index in [4.69, 9.17) is 9.47 Å². The van der Waals surface area contributed by atoms with Gasteiger partial charge >= 0.3 is 6.09 Å².